The summed E-state index contributed by atoms with van der Waals surface area (Å²) in [5.41, 5.74) is 2.02. The van der Waals surface area contributed by atoms with Crippen molar-refractivity contribution >= 4 is 34.1 Å². The van der Waals surface area contributed by atoms with Crippen molar-refractivity contribution in [2.24, 2.45) is 0 Å². The van der Waals surface area contributed by atoms with Crippen LogP contribution in [0.4, 0.5) is 5.82 Å². The topological polar surface area (TPSA) is 73.9 Å². The minimum atomic E-state index is -0.0506. The van der Waals surface area contributed by atoms with Crippen LogP contribution in [-0.2, 0) is 11.3 Å². The molecule has 1 aliphatic rings. The average molecular weight is 325 g/mol. The number of hydrogen-bond donors (Lipinski definition) is 2. The van der Waals surface area contributed by atoms with Gasteiger partial charge < -0.3 is 15.2 Å². The third-order valence-corrected chi connectivity index (χ3v) is 4.97. The van der Waals surface area contributed by atoms with Crippen LogP contribution >= 0.6 is 11.3 Å². The zero-order chi connectivity index (χ0) is 15.8. The number of nitrogens with one attached hydrogen (secondary N) is 2. The fourth-order valence-corrected chi connectivity index (χ4v) is 3.87. The van der Waals surface area contributed by atoms with Crippen molar-refractivity contribution in [3.8, 4) is 0 Å². The number of anilines is 1. The molecule has 4 heterocycles. The van der Waals surface area contributed by atoms with Gasteiger partial charge in [-0.2, -0.15) is 0 Å². The van der Waals surface area contributed by atoms with E-state index in [1.807, 2.05) is 12.3 Å². The zero-order valence-electron chi connectivity index (χ0n) is 12.3. The molecular formula is C16H15N5OS. The van der Waals surface area contributed by atoms with Gasteiger partial charge >= 0.3 is 0 Å². The van der Waals surface area contributed by atoms with Crippen LogP contribution in [0.3, 0.4) is 0 Å². The van der Waals surface area contributed by atoms with Crippen molar-refractivity contribution in [1.29, 1.82) is 0 Å². The fraction of sp³-hybridized carbons (Fsp3) is 0.188. The normalized spacial score (nSPS) is 17.0. The minimum Gasteiger partial charge on any atom is -0.361 e. The second kappa shape index (κ2) is 5.51. The number of fused-ring (bicyclic) bond motifs is 2. The van der Waals surface area contributed by atoms with E-state index in [2.05, 4.69) is 38.3 Å². The van der Waals surface area contributed by atoms with Gasteiger partial charge in [0.1, 0.15) is 17.8 Å². The summed E-state index contributed by atoms with van der Waals surface area (Å²) in [6, 6.07) is 4.06. The third kappa shape index (κ3) is 2.39. The number of carbonyl (C=O) groups is 1. The first kappa shape index (κ1) is 14.0. The molecule has 2 N–H and O–H groups in total. The van der Waals surface area contributed by atoms with E-state index in [1.54, 1.807) is 16.2 Å². The van der Waals surface area contributed by atoms with Crippen LogP contribution < -0.4 is 5.32 Å². The molecule has 1 amide bonds. The standard InChI is InChI=1S/C16H15N5OS/c1-2-14(22)21-7-12(10-4-6-23-13(10)8-21)20-16-11-3-5-17-15(11)18-9-19-16/h2-6,9,12H,1,7-8H2,(H2,17,18,19,20). The Hall–Kier alpha value is -2.67. The van der Waals surface area contributed by atoms with Crippen LogP contribution in [0.5, 0.6) is 0 Å². The molecule has 0 radical (unpaired) electrons. The van der Waals surface area contributed by atoms with Gasteiger partial charge in [-0.15, -0.1) is 11.3 Å². The number of rotatable bonds is 3. The lowest BCUT2D eigenvalue weighted by atomic mass is 10.0. The predicted octanol–water partition coefficient (Wildman–Crippen LogP) is 2.70. The van der Waals surface area contributed by atoms with Gasteiger partial charge in [0, 0.05) is 17.6 Å². The molecule has 4 rings (SSSR count). The number of aromatic amines is 1. The second-order valence-corrected chi connectivity index (χ2v) is 6.38. The number of carbonyl (C=O) groups excluding carboxylic acids is 1. The maximum atomic E-state index is 12.0. The summed E-state index contributed by atoms with van der Waals surface area (Å²) in [4.78, 5) is 26.7. The van der Waals surface area contributed by atoms with Crippen molar-refractivity contribution < 1.29 is 4.79 Å². The van der Waals surface area contributed by atoms with Crippen LogP contribution in [0, 0.1) is 0 Å². The maximum absolute atomic E-state index is 12.0. The Kier molecular flexibility index (Phi) is 3.34. The summed E-state index contributed by atoms with van der Waals surface area (Å²) in [5, 5.41) is 6.47. The molecule has 23 heavy (non-hydrogen) atoms. The Bertz CT molecular complexity index is 883. The molecule has 0 bridgehead atoms. The SMILES string of the molecule is C=CC(=O)N1Cc2sccc2C(Nc2ncnc3[nH]ccc23)C1. The first-order valence-corrected chi connectivity index (χ1v) is 8.16. The first-order valence-electron chi connectivity index (χ1n) is 7.28. The van der Waals surface area contributed by atoms with E-state index in [0.29, 0.717) is 13.1 Å². The fourth-order valence-electron chi connectivity index (χ4n) is 2.92. The lowest BCUT2D eigenvalue weighted by Crippen LogP contribution is -2.39. The lowest BCUT2D eigenvalue weighted by Gasteiger charge is -2.33. The van der Waals surface area contributed by atoms with Crippen molar-refractivity contribution in [2.45, 2.75) is 12.6 Å². The highest BCUT2D eigenvalue weighted by molar-refractivity contribution is 7.10. The number of H-pyrrole nitrogens is 1. The molecule has 0 fully saturated rings. The minimum absolute atomic E-state index is 0.00176. The van der Waals surface area contributed by atoms with Crippen LogP contribution in [0.2, 0.25) is 0 Å². The highest BCUT2D eigenvalue weighted by Crippen LogP contribution is 2.33. The maximum Gasteiger partial charge on any atom is 0.246 e. The van der Waals surface area contributed by atoms with Crippen LogP contribution in [0.15, 0.2) is 42.7 Å². The van der Waals surface area contributed by atoms with E-state index in [4.69, 9.17) is 0 Å². The van der Waals surface area contributed by atoms with Gasteiger partial charge in [-0.25, -0.2) is 9.97 Å². The van der Waals surface area contributed by atoms with Crippen molar-refractivity contribution in [3.05, 3.63) is 53.1 Å². The van der Waals surface area contributed by atoms with Gasteiger partial charge in [0.25, 0.3) is 0 Å². The molecule has 0 spiro atoms. The number of nitrogens with zero attached hydrogens (tertiary/aromatic N) is 3. The summed E-state index contributed by atoms with van der Waals surface area (Å²) >= 11 is 1.67. The Balaban J connectivity index is 1.69. The average Bonchev–Trinajstić information content (AvgIpc) is 3.23. The first-order chi connectivity index (χ1) is 11.3. The van der Waals surface area contributed by atoms with Gasteiger partial charge in [0.15, 0.2) is 0 Å². The number of aromatic nitrogens is 3. The second-order valence-electron chi connectivity index (χ2n) is 5.38. The largest absolute Gasteiger partial charge is 0.361 e. The van der Waals surface area contributed by atoms with Crippen molar-refractivity contribution in [3.63, 3.8) is 0 Å². The van der Waals surface area contributed by atoms with E-state index in [1.165, 1.54) is 22.8 Å². The summed E-state index contributed by atoms with van der Waals surface area (Å²) in [5.74, 6) is 0.719. The predicted molar refractivity (Wildman–Crippen MR) is 90.2 cm³/mol. The van der Waals surface area contributed by atoms with Crippen LogP contribution in [0.1, 0.15) is 16.5 Å². The molecule has 3 aromatic rings. The molecule has 1 atom stereocenters. The van der Waals surface area contributed by atoms with Crippen molar-refractivity contribution in [1.82, 2.24) is 19.9 Å². The summed E-state index contributed by atoms with van der Waals surface area (Å²) in [6.45, 7) is 4.82. The molecule has 0 aliphatic carbocycles. The molecule has 0 saturated heterocycles. The highest BCUT2D eigenvalue weighted by atomic mass is 32.1. The van der Waals surface area contributed by atoms with E-state index >= 15 is 0 Å². The summed E-state index contributed by atoms with van der Waals surface area (Å²) in [7, 11) is 0. The molecule has 1 aliphatic heterocycles. The molecule has 6 nitrogen and oxygen atoms in total. The zero-order valence-corrected chi connectivity index (χ0v) is 13.1. The Morgan fingerprint density at radius 1 is 1.48 bits per heavy atom. The van der Waals surface area contributed by atoms with E-state index in [-0.39, 0.29) is 11.9 Å². The van der Waals surface area contributed by atoms with Gasteiger partial charge in [-0.05, 0) is 29.2 Å². The highest BCUT2D eigenvalue weighted by Gasteiger charge is 2.28. The Labute approximate surface area is 136 Å². The van der Waals surface area contributed by atoms with Gasteiger partial charge in [0.2, 0.25) is 5.91 Å². The van der Waals surface area contributed by atoms with Gasteiger partial charge in [-0.1, -0.05) is 6.58 Å². The van der Waals surface area contributed by atoms with Crippen LogP contribution in [0.25, 0.3) is 11.0 Å². The molecule has 3 aromatic heterocycles. The smallest absolute Gasteiger partial charge is 0.246 e. The number of hydrogen-bond acceptors (Lipinski definition) is 5. The molecular weight excluding hydrogens is 310 g/mol. The van der Waals surface area contributed by atoms with Crippen LogP contribution in [-0.4, -0.2) is 32.3 Å². The van der Waals surface area contributed by atoms with E-state index < -0.39 is 0 Å². The molecule has 7 heteroatoms. The van der Waals surface area contributed by atoms with E-state index in [9.17, 15) is 4.79 Å². The third-order valence-electron chi connectivity index (χ3n) is 4.04. The summed E-state index contributed by atoms with van der Waals surface area (Å²) < 4.78 is 0. The molecule has 0 saturated carbocycles. The lowest BCUT2D eigenvalue weighted by molar-refractivity contribution is -0.127. The van der Waals surface area contributed by atoms with E-state index in [0.717, 1.165) is 16.9 Å². The number of thiophene rings is 1. The summed E-state index contributed by atoms with van der Waals surface area (Å²) in [6.07, 6.45) is 4.74. The van der Waals surface area contributed by atoms with Gasteiger partial charge in [-0.3, -0.25) is 4.79 Å². The number of amides is 1. The molecule has 116 valence electrons. The Morgan fingerprint density at radius 2 is 2.39 bits per heavy atom. The molecule has 1 unspecified atom stereocenters. The quantitative estimate of drug-likeness (QED) is 0.726. The van der Waals surface area contributed by atoms with Gasteiger partial charge in [0.05, 0.1) is 18.0 Å². The Morgan fingerprint density at radius 3 is 3.26 bits per heavy atom. The monoisotopic (exact) mass is 325 g/mol. The molecule has 0 aromatic carbocycles. The van der Waals surface area contributed by atoms with Crippen molar-refractivity contribution in [2.75, 3.05) is 11.9 Å².